The van der Waals surface area contributed by atoms with Crippen LogP contribution in [0, 0.1) is 28.4 Å². The van der Waals surface area contributed by atoms with Crippen LogP contribution >= 0.6 is 15.9 Å². The van der Waals surface area contributed by atoms with Gasteiger partial charge in [-0.25, -0.2) is 0 Å². The quantitative estimate of drug-likeness (QED) is 0.136. The smallest absolute Gasteiger partial charge is 0.270 e. The van der Waals surface area contributed by atoms with E-state index in [4.69, 9.17) is 4.74 Å². The third-order valence-corrected chi connectivity index (χ3v) is 4.96. The fourth-order valence-corrected chi connectivity index (χ4v) is 3.21. The van der Waals surface area contributed by atoms with Crippen LogP contribution in [-0.2, 0) is 6.61 Å². The number of hydrogen-bond donors (Lipinski definition) is 0. The van der Waals surface area contributed by atoms with E-state index in [-0.39, 0.29) is 16.8 Å². The van der Waals surface area contributed by atoms with Crippen molar-refractivity contribution in [3.8, 4) is 11.8 Å². The molecule has 0 atom stereocenters. The third kappa shape index (κ3) is 5.65. The van der Waals surface area contributed by atoms with Gasteiger partial charge in [0.2, 0.25) is 5.78 Å². The van der Waals surface area contributed by atoms with Crippen LogP contribution in [0.3, 0.4) is 0 Å². The van der Waals surface area contributed by atoms with Crippen molar-refractivity contribution in [3.05, 3.63) is 109 Å². The molecule has 3 aromatic rings. The Balaban J connectivity index is 1.91. The second-order valence-corrected chi connectivity index (χ2v) is 7.68. The molecule has 0 spiro atoms. The van der Waals surface area contributed by atoms with Crippen molar-refractivity contribution in [1.29, 1.82) is 5.26 Å². The standard InChI is InChI=1S/C24H17BrN2O4/c1-16-5-7-17(8-6-16)15-31-23-10-9-21(25)12-19(23)11-20(14-26)24(28)18-3-2-4-22(13-18)27(29)30/h2-13H,15H2,1H3/b20-11+. The van der Waals surface area contributed by atoms with Gasteiger partial charge in [0.1, 0.15) is 24.0 Å². The lowest BCUT2D eigenvalue weighted by molar-refractivity contribution is -0.384. The minimum atomic E-state index is -0.601. The molecule has 0 saturated heterocycles. The number of hydrogen-bond acceptors (Lipinski definition) is 5. The molecule has 0 saturated carbocycles. The Bertz CT molecular complexity index is 1210. The van der Waals surface area contributed by atoms with Gasteiger partial charge in [-0.1, -0.05) is 57.9 Å². The Labute approximate surface area is 187 Å². The minimum Gasteiger partial charge on any atom is -0.488 e. The molecule has 3 aromatic carbocycles. The molecule has 0 unspecified atom stereocenters. The number of aryl methyl sites for hydroxylation is 1. The largest absolute Gasteiger partial charge is 0.488 e. The molecular formula is C24H17BrN2O4. The Hall–Kier alpha value is -3.76. The third-order valence-electron chi connectivity index (χ3n) is 4.47. The highest BCUT2D eigenvalue weighted by atomic mass is 79.9. The fourth-order valence-electron chi connectivity index (χ4n) is 2.83. The predicted molar refractivity (Wildman–Crippen MR) is 121 cm³/mol. The number of benzene rings is 3. The van der Waals surface area contributed by atoms with Crippen LogP contribution in [0.15, 0.2) is 76.8 Å². The van der Waals surface area contributed by atoms with Gasteiger partial charge in [-0.3, -0.25) is 14.9 Å². The molecule has 3 rings (SSSR count). The van der Waals surface area contributed by atoms with E-state index in [0.29, 0.717) is 17.9 Å². The summed E-state index contributed by atoms with van der Waals surface area (Å²) >= 11 is 3.39. The van der Waals surface area contributed by atoms with Crippen molar-refractivity contribution in [2.24, 2.45) is 0 Å². The van der Waals surface area contributed by atoms with E-state index < -0.39 is 10.7 Å². The summed E-state index contributed by atoms with van der Waals surface area (Å²) in [5.41, 5.74) is 2.37. The minimum absolute atomic E-state index is 0.0686. The molecule has 0 radical (unpaired) electrons. The van der Waals surface area contributed by atoms with Gasteiger partial charge in [-0.05, 0) is 36.8 Å². The van der Waals surface area contributed by atoms with E-state index in [9.17, 15) is 20.2 Å². The molecule has 0 aliphatic carbocycles. The van der Waals surface area contributed by atoms with Gasteiger partial charge in [0, 0.05) is 27.7 Å². The first-order chi connectivity index (χ1) is 14.9. The van der Waals surface area contributed by atoms with Crippen molar-refractivity contribution in [2.45, 2.75) is 13.5 Å². The average molecular weight is 477 g/mol. The van der Waals surface area contributed by atoms with E-state index in [1.807, 2.05) is 37.3 Å². The molecule has 0 aliphatic heterocycles. The van der Waals surface area contributed by atoms with Crippen LogP contribution < -0.4 is 4.74 Å². The molecule has 7 heteroatoms. The maximum absolute atomic E-state index is 12.8. The zero-order chi connectivity index (χ0) is 22.4. The zero-order valence-electron chi connectivity index (χ0n) is 16.5. The lowest BCUT2D eigenvalue weighted by Gasteiger charge is -2.11. The van der Waals surface area contributed by atoms with Crippen molar-refractivity contribution < 1.29 is 14.5 Å². The van der Waals surface area contributed by atoms with Crippen LogP contribution in [0.1, 0.15) is 27.0 Å². The van der Waals surface area contributed by atoms with Gasteiger partial charge < -0.3 is 4.74 Å². The van der Waals surface area contributed by atoms with Crippen molar-refractivity contribution in [2.75, 3.05) is 0 Å². The molecular weight excluding hydrogens is 460 g/mol. The SMILES string of the molecule is Cc1ccc(COc2ccc(Br)cc2/C=C(\C#N)C(=O)c2cccc([N+](=O)[O-])c2)cc1. The van der Waals surface area contributed by atoms with E-state index in [0.717, 1.165) is 21.7 Å². The molecule has 0 bridgehead atoms. The fraction of sp³-hybridized carbons (Fsp3) is 0.0833. The number of nitrogens with zero attached hydrogens (tertiary/aromatic N) is 2. The molecule has 0 amide bonds. The Morgan fingerprint density at radius 2 is 1.90 bits per heavy atom. The number of rotatable bonds is 7. The summed E-state index contributed by atoms with van der Waals surface area (Å²) in [4.78, 5) is 23.2. The number of halogens is 1. The number of Topliss-reactive ketones (excluding diaryl/α,β-unsaturated/α-hetero) is 1. The first kappa shape index (κ1) is 21.9. The first-order valence-corrected chi connectivity index (χ1v) is 10.1. The van der Waals surface area contributed by atoms with Gasteiger partial charge in [0.25, 0.3) is 5.69 Å². The summed E-state index contributed by atoms with van der Waals surface area (Å²) < 4.78 is 6.68. The maximum Gasteiger partial charge on any atom is 0.270 e. The molecule has 0 N–H and O–H groups in total. The molecule has 6 nitrogen and oxygen atoms in total. The second-order valence-electron chi connectivity index (χ2n) is 6.76. The number of ether oxygens (including phenoxy) is 1. The Morgan fingerprint density at radius 1 is 1.16 bits per heavy atom. The lowest BCUT2D eigenvalue weighted by Crippen LogP contribution is -2.03. The van der Waals surface area contributed by atoms with Crippen LogP contribution in [0.4, 0.5) is 5.69 Å². The monoisotopic (exact) mass is 476 g/mol. The topological polar surface area (TPSA) is 93.2 Å². The van der Waals surface area contributed by atoms with Crippen LogP contribution in [0.2, 0.25) is 0 Å². The molecule has 0 aliphatic rings. The highest BCUT2D eigenvalue weighted by Gasteiger charge is 2.17. The molecule has 0 fully saturated rings. The number of ketones is 1. The summed E-state index contributed by atoms with van der Waals surface area (Å²) in [5, 5.41) is 20.6. The van der Waals surface area contributed by atoms with E-state index in [1.54, 1.807) is 18.2 Å². The number of carbonyl (C=O) groups is 1. The Kier molecular flexibility index (Phi) is 6.96. The van der Waals surface area contributed by atoms with Crippen LogP contribution in [-0.4, -0.2) is 10.7 Å². The molecule has 31 heavy (non-hydrogen) atoms. The first-order valence-electron chi connectivity index (χ1n) is 9.26. The van der Waals surface area contributed by atoms with Crippen molar-refractivity contribution in [3.63, 3.8) is 0 Å². The van der Waals surface area contributed by atoms with Gasteiger partial charge in [-0.15, -0.1) is 0 Å². The number of carbonyl (C=O) groups excluding carboxylic acids is 1. The van der Waals surface area contributed by atoms with Gasteiger partial charge >= 0.3 is 0 Å². The normalized spacial score (nSPS) is 10.9. The predicted octanol–water partition coefficient (Wildman–Crippen LogP) is 6.03. The number of nitriles is 1. The number of allylic oxidation sites excluding steroid dienone is 1. The lowest BCUT2D eigenvalue weighted by atomic mass is 10.0. The van der Waals surface area contributed by atoms with Crippen LogP contribution in [0.25, 0.3) is 6.08 Å². The maximum atomic E-state index is 12.8. The summed E-state index contributed by atoms with van der Waals surface area (Å²) in [5.74, 6) is -0.0981. The number of nitro groups is 1. The van der Waals surface area contributed by atoms with Gasteiger partial charge in [0.15, 0.2) is 0 Å². The van der Waals surface area contributed by atoms with E-state index in [1.165, 1.54) is 24.3 Å². The van der Waals surface area contributed by atoms with Crippen molar-refractivity contribution >= 4 is 33.5 Å². The van der Waals surface area contributed by atoms with Gasteiger partial charge in [-0.2, -0.15) is 5.26 Å². The van der Waals surface area contributed by atoms with Crippen LogP contribution in [0.5, 0.6) is 5.75 Å². The number of non-ortho nitro benzene ring substituents is 1. The summed E-state index contributed by atoms with van der Waals surface area (Å²) in [7, 11) is 0. The number of nitro benzene ring substituents is 1. The van der Waals surface area contributed by atoms with Gasteiger partial charge in [0.05, 0.1) is 4.92 Å². The molecule has 0 aromatic heterocycles. The summed E-state index contributed by atoms with van der Waals surface area (Å²) in [6.45, 7) is 2.33. The highest BCUT2D eigenvalue weighted by Crippen LogP contribution is 2.27. The highest BCUT2D eigenvalue weighted by molar-refractivity contribution is 9.10. The molecule has 0 heterocycles. The summed E-state index contributed by atoms with van der Waals surface area (Å²) in [6.07, 6.45) is 1.43. The summed E-state index contributed by atoms with van der Waals surface area (Å²) in [6, 6.07) is 20.4. The second kappa shape index (κ2) is 9.83. The average Bonchev–Trinajstić information content (AvgIpc) is 2.77. The van der Waals surface area contributed by atoms with E-state index in [2.05, 4.69) is 15.9 Å². The van der Waals surface area contributed by atoms with Crippen molar-refractivity contribution in [1.82, 2.24) is 0 Å². The zero-order valence-corrected chi connectivity index (χ0v) is 18.1. The Morgan fingerprint density at radius 3 is 2.58 bits per heavy atom. The van der Waals surface area contributed by atoms with E-state index >= 15 is 0 Å². The molecule has 154 valence electrons.